The van der Waals surface area contributed by atoms with Crippen molar-refractivity contribution in [1.82, 2.24) is 10.2 Å². The van der Waals surface area contributed by atoms with Gasteiger partial charge in [-0.05, 0) is 24.2 Å². The number of alkyl carbamates (subject to hydrolysis) is 1. The van der Waals surface area contributed by atoms with E-state index >= 15 is 0 Å². The number of ether oxygens (including phenoxy) is 1. The van der Waals surface area contributed by atoms with E-state index in [1.165, 1.54) is 7.11 Å². The summed E-state index contributed by atoms with van der Waals surface area (Å²) in [5.74, 6) is 0.430. The van der Waals surface area contributed by atoms with Gasteiger partial charge in [0.1, 0.15) is 6.04 Å². The largest absolute Gasteiger partial charge is 0.453 e. The second-order valence-electron chi connectivity index (χ2n) is 6.92. The van der Waals surface area contributed by atoms with Crippen molar-refractivity contribution in [1.29, 1.82) is 0 Å². The molecule has 0 radical (unpaired) electrons. The highest BCUT2D eigenvalue weighted by atomic mass is 16.5. The molecule has 1 N–H and O–H groups in total. The molecule has 0 aromatic carbocycles. The summed E-state index contributed by atoms with van der Waals surface area (Å²) in [5, 5.41) is 2.69. The lowest BCUT2D eigenvalue weighted by Gasteiger charge is -2.36. The van der Waals surface area contributed by atoms with Crippen LogP contribution in [0.25, 0.3) is 0 Å². The number of nitrogens with one attached hydrogen (secondary N) is 1. The molecule has 2 atom stereocenters. The minimum atomic E-state index is -0.561. The molecule has 5 heteroatoms. The molecule has 1 fully saturated rings. The van der Waals surface area contributed by atoms with E-state index in [2.05, 4.69) is 23.9 Å². The van der Waals surface area contributed by atoms with Crippen molar-refractivity contribution in [2.75, 3.05) is 13.7 Å². The van der Waals surface area contributed by atoms with Crippen molar-refractivity contribution in [2.24, 2.45) is 11.3 Å². The maximum absolute atomic E-state index is 12.8. The summed E-state index contributed by atoms with van der Waals surface area (Å²) < 4.78 is 4.64. The van der Waals surface area contributed by atoms with Gasteiger partial charge in [-0.15, -0.1) is 0 Å². The SMILES string of the molecule is COC(=O)N[C@H](C(=O)N1CCC[C@H]1C(C)C)C(C)(C)C. The van der Waals surface area contributed by atoms with Gasteiger partial charge in [0.25, 0.3) is 0 Å². The average molecular weight is 284 g/mol. The van der Waals surface area contributed by atoms with Crippen LogP contribution >= 0.6 is 0 Å². The van der Waals surface area contributed by atoms with Crippen molar-refractivity contribution < 1.29 is 14.3 Å². The van der Waals surface area contributed by atoms with E-state index in [0.29, 0.717) is 5.92 Å². The summed E-state index contributed by atoms with van der Waals surface area (Å²) in [6.45, 7) is 10.9. The maximum Gasteiger partial charge on any atom is 0.407 e. The number of nitrogens with zero attached hydrogens (tertiary/aromatic N) is 1. The van der Waals surface area contributed by atoms with Crippen LogP contribution in [0, 0.1) is 11.3 Å². The Hall–Kier alpha value is -1.26. The Kier molecular flexibility index (Phi) is 5.42. The molecule has 116 valence electrons. The van der Waals surface area contributed by atoms with Gasteiger partial charge in [0, 0.05) is 12.6 Å². The number of carbonyl (C=O) groups is 2. The fourth-order valence-corrected chi connectivity index (χ4v) is 2.75. The molecule has 1 rings (SSSR count). The zero-order chi connectivity index (χ0) is 15.5. The number of amides is 2. The molecule has 20 heavy (non-hydrogen) atoms. The Bertz CT molecular complexity index is 361. The highest BCUT2D eigenvalue weighted by molar-refractivity contribution is 5.86. The van der Waals surface area contributed by atoms with E-state index in [0.717, 1.165) is 19.4 Å². The number of carbonyl (C=O) groups excluding carboxylic acids is 2. The van der Waals surface area contributed by atoms with Crippen LogP contribution in [0.3, 0.4) is 0 Å². The van der Waals surface area contributed by atoms with Gasteiger partial charge < -0.3 is 15.0 Å². The zero-order valence-electron chi connectivity index (χ0n) is 13.5. The van der Waals surface area contributed by atoms with Crippen molar-refractivity contribution >= 4 is 12.0 Å². The van der Waals surface area contributed by atoms with Crippen LogP contribution in [-0.2, 0) is 9.53 Å². The van der Waals surface area contributed by atoms with Crippen molar-refractivity contribution in [3.63, 3.8) is 0 Å². The van der Waals surface area contributed by atoms with Crippen LogP contribution in [0.4, 0.5) is 4.79 Å². The van der Waals surface area contributed by atoms with Gasteiger partial charge in [-0.3, -0.25) is 4.79 Å². The molecular weight excluding hydrogens is 256 g/mol. The minimum absolute atomic E-state index is 0.000833. The van der Waals surface area contributed by atoms with Gasteiger partial charge in [0.2, 0.25) is 5.91 Å². The molecule has 1 aliphatic heterocycles. The van der Waals surface area contributed by atoms with Gasteiger partial charge in [-0.25, -0.2) is 4.79 Å². The van der Waals surface area contributed by atoms with E-state index in [-0.39, 0.29) is 17.4 Å². The molecule has 0 spiro atoms. The Morgan fingerprint density at radius 2 is 1.90 bits per heavy atom. The van der Waals surface area contributed by atoms with Crippen LogP contribution in [0.1, 0.15) is 47.5 Å². The third-order valence-corrected chi connectivity index (χ3v) is 3.91. The first-order valence-corrected chi connectivity index (χ1v) is 7.33. The monoisotopic (exact) mass is 284 g/mol. The third-order valence-electron chi connectivity index (χ3n) is 3.91. The number of rotatable bonds is 3. The van der Waals surface area contributed by atoms with Crippen LogP contribution in [0.5, 0.6) is 0 Å². The van der Waals surface area contributed by atoms with E-state index in [4.69, 9.17) is 0 Å². The molecule has 1 saturated heterocycles. The van der Waals surface area contributed by atoms with E-state index in [1.807, 2.05) is 25.7 Å². The normalized spacial score (nSPS) is 20.9. The predicted octanol–water partition coefficient (Wildman–Crippen LogP) is 2.40. The summed E-state index contributed by atoms with van der Waals surface area (Å²) in [7, 11) is 1.31. The molecule has 2 amide bonds. The van der Waals surface area contributed by atoms with Crippen LogP contribution in [0.2, 0.25) is 0 Å². The fraction of sp³-hybridized carbons (Fsp3) is 0.867. The minimum Gasteiger partial charge on any atom is -0.453 e. The lowest BCUT2D eigenvalue weighted by Crippen LogP contribution is -2.56. The van der Waals surface area contributed by atoms with Gasteiger partial charge in [-0.1, -0.05) is 34.6 Å². The van der Waals surface area contributed by atoms with Crippen molar-refractivity contribution in [3.8, 4) is 0 Å². The first kappa shape index (κ1) is 16.8. The summed E-state index contributed by atoms with van der Waals surface area (Å²) >= 11 is 0. The van der Waals surface area contributed by atoms with Crippen LogP contribution in [0.15, 0.2) is 0 Å². The van der Waals surface area contributed by atoms with Crippen molar-refractivity contribution in [3.05, 3.63) is 0 Å². The van der Waals surface area contributed by atoms with Gasteiger partial charge in [-0.2, -0.15) is 0 Å². The van der Waals surface area contributed by atoms with E-state index in [1.54, 1.807) is 0 Å². The zero-order valence-corrected chi connectivity index (χ0v) is 13.5. The number of likely N-dealkylation sites (tertiary alicyclic amines) is 1. The summed E-state index contributed by atoms with van der Waals surface area (Å²) in [5.41, 5.74) is -0.352. The summed E-state index contributed by atoms with van der Waals surface area (Å²) in [6.07, 6.45) is 1.51. The molecule has 5 nitrogen and oxygen atoms in total. The molecule has 0 aromatic rings. The maximum atomic E-state index is 12.8. The first-order valence-electron chi connectivity index (χ1n) is 7.33. The second-order valence-corrected chi connectivity index (χ2v) is 6.92. The quantitative estimate of drug-likeness (QED) is 0.865. The molecule has 0 unspecified atom stereocenters. The first-order chi connectivity index (χ1) is 9.18. The number of hydrogen-bond acceptors (Lipinski definition) is 3. The predicted molar refractivity (Wildman–Crippen MR) is 78.4 cm³/mol. The van der Waals surface area contributed by atoms with Crippen molar-refractivity contribution in [2.45, 2.75) is 59.5 Å². The second kappa shape index (κ2) is 6.46. The molecule has 0 aromatic heterocycles. The van der Waals surface area contributed by atoms with E-state index in [9.17, 15) is 9.59 Å². The van der Waals surface area contributed by atoms with Crippen LogP contribution < -0.4 is 5.32 Å². The smallest absolute Gasteiger partial charge is 0.407 e. The number of hydrogen-bond donors (Lipinski definition) is 1. The van der Waals surface area contributed by atoms with Gasteiger partial charge in [0.05, 0.1) is 7.11 Å². The Morgan fingerprint density at radius 3 is 2.35 bits per heavy atom. The molecule has 0 bridgehead atoms. The third kappa shape index (κ3) is 3.87. The Balaban J connectivity index is 2.90. The molecule has 0 saturated carbocycles. The Morgan fingerprint density at radius 1 is 1.30 bits per heavy atom. The summed E-state index contributed by atoms with van der Waals surface area (Å²) in [6, 6.07) is -0.291. The van der Waals surface area contributed by atoms with Gasteiger partial charge >= 0.3 is 6.09 Å². The number of methoxy groups -OCH3 is 1. The fourth-order valence-electron chi connectivity index (χ4n) is 2.75. The topological polar surface area (TPSA) is 58.6 Å². The average Bonchev–Trinajstić information content (AvgIpc) is 2.82. The molecule has 0 aliphatic carbocycles. The van der Waals surface area contributed by atoms with Gasteiger partial charge in [0.15, 0.2) is 0 Å². The lowest BCUT2D eigenvalue weighted by atomic mass is 9.85. The molecule has 1 aliphatic rings. The van der Waals surface area contributed by atoms with E-state index < -0.39 is 12.1 Å². The highest BCUT2D eigenvalue weighted by Gasteiger charge is 2.40. The summed E-state index contributed by atoms with van der Waals surface area (Å²) in [4.78, 5) is 26.2. The Labute approximate surface area is 122 Å². The molecule has 1 heterocycles. The standard InChI is InChI=1S/C15H28N2O3/c1-10(2)11-8-7-9-17(11)13(18)12(15(3,4)5)16-14(19)20-6/h10-12H,7-9H2,1-6H3,(H,16,19)/t11-,12+/m0/s1. The highest BCUT2D eigenvalue weighted by Crippen LogP contribution is 2.28. The molecular formula is C15H28N2O3. The van der Waals surface area contributed by atoms with Crippen LogP contribution in [-0.4, -0.2) is 42.6 Å². The lowest BCUT2D eigenvalue weighted by molar-refractivity contribution is -0.137.